The Labute approximate surface area is 273 Å². The fraction of sp³-hybridized carbons (Fsp3) is 0.119. The third-order valence-electron chi connectivity index (χ3n) is 10.6. The standard InChI is InChI=1S/C42H32N4O/c1-41(2)28-25-24-27(26-37(28)44(3)40-43-33-18-8-11-21-36(33)46(40)41)45-34-19-9-4-14-29(34)42(30-15-5-10-20-35(30)45)31-16-6-12-22-38(31)47-39-23-13-7-17-32(39)42/h4-26H,1-3H3. The summed E-state index contributed by atoms with van der Waals surface area (Å²) in [7, 11) is 2.14. The largest absolute Gasteiger partial charge is 0.457 e. The summed E-state index contributed by atoms with van der Waals surface area (Å²) in [4.78, 5) is 9.79. The van der Waals surface area contributed by atoms with Crippen LogP contribution in [0.4, 0.5) is 28.7 Å². The van der Waals surface area contributed by atoms with Crippen molar-refractivity contribution >= 4 is 39.7 Å². The summed E-state index contributed by atoms with van der Waals surface area (Å²) in [5.41, 5.74) is 11.9. The Hall–Kier alpha value is -5.81. The van der Waals surface area contributed by atoms with Gasteiger partial charge in [-0.2, -0.15) is 0 Å². The van der Waals surface area contributed by atoms with E-state index in [4.69, 9.17) is 9.72 Å². The second kappa shape index (κ2) is 9.14. The number of benzene rings is 6. The summed E-state index contributed by atoms with van der Waals surface area (Å²) in [6.07, 6.45) is 0. The number of imidazole rings is 1. The van der Waals surface area contributed by atoms with Gasteiger partial charge in [0.25, 0.3) is 0 Å². The van der Waals surface area contributed by atoms with Crippen LogP contribution < -0.4 is 14.5 Å². The first-order valence-corrected chi connectivity index (χ1v) is 16.2. The molecule has 3 aliphatic heterocycles. The van der Waals surface area contributed by atoms with Crippen molar-refractivity contribution in [1.29, 1.82) is 0 Å². The third kappa shape index (κ3) is 3.26. The summed E-state index contributed by atoms with van der Waals surface area (Å²) in [6, 6.07) is 50.2. The molecule has 3 aliphatic rings. The number of anilines is 5. The van der Waals surface area contributed by atoms with E-state index in [1.165, 1.54) is 16.7 Å². The van der Waals surface area contributed by atoms with Gasteiger partial charge in [0.05, 0.1) is 39.0 Å². The third-order valence-corrected chi connectivity index (χ3v) is 10.6. The summed E-state index contributed by atoms with van der Waals surface area (Å²) in [5, 5.41) is 0. The molecule has 10 rings (SSSR count). The first-order valence-electron chi connectivity index (χ1n) is 16.2. The van der Waals surface area contributed by atoms with Crippen LogP contribution in [0.5, 0.6) is 11.5 Å². The first-order chi connectivity index (χ1) is 23.0. The highest BCUT2D eigenvalue weighted by atomic mass is 16.5. The number of hydrogen-bond acceptors (Lipinski definition) is 4. The van der Waals surface area contributed by atoms with Crippen LogP contribution in [0.3, 0.4) is 0 Å². The molecule has 0 unspecified atom stereocenters. The van der Waals surface area contributed by atoms with Crippen LogP contribution in [0.2, 0.25) is 0 Å². The van der Waals surface area contributed by atoms with Crippen molar-refractivity contribution in [3.05, 3.63) is 167 Å². The van der Waals surface area contributed by atoms with E-state index in [1.54, 1.807) is 0 Å². The van der Waals surface area contributed by atoms with Gasteiger partial charge in [-0.25, -0.2) is 4.98 Å². The molecule has 0 bridgehead atoms. The number of nitrogens with zero attached hydrogens (tertiary/aromatic N) is 4. The highest BCUT2D eigenvalue weighted by Crippen LogP contribution is 2.63. The number of ether oxygens (including phenoxy) is 1. The van der Waals surface area contributed by atoms with E-state index in [2.05, 4.69) is 175 Å². The zero-order valence-electron chi connectivity index (χ0n) is 26.5. The molecule has 0 aliphatic carbocycles. The zero-order valence-corrected chi connectivity index (χ0v) is 26.5. The Balaban J connectivity index is 1.23. The fourth-order valence-corrected chi connectivity index (χ4v) is 8.57. The fourth-order valence-electron chi connectivity index (χ4n) is 8.57. The molecule has 4 heterocycles. The topological polar surface area (TPSA) is 33.5 Å². The lowest BCUT2D eigenvalue weighted by atomic mass is 9.61. The van der Waals surface area contributed by atoms with Gasteiger partial charge in [-0.15, -0.1) is 0 Å². The zero-order chi connectivity index (χ0) is 31.5. The van der Waals surface area contributed by atoms with Crippen LogP contribution in [-0.2, 0) is 11.0 Å². The molecule has 5 nitrogen and oxygen atoms in total. The van der Waals surface area contributed by atoms with Gasteiger partial charge in [0.2, 0.25) is 5.95 Å². The second-order valence-electron chi connectivity index (χ2n) is 13.3. The molecule has 0 fully saturated rings. The van der Waals surface area contributed by atoms with Gasteiger partial charge in [-0.1, -0.05) is 91.0 Å². The maximum Gasteiger partial charge on any atom is 0.211 e. The Morgan fingerprint density at radius 2 is 1.11 bits per heavy atom. The van der Waals surface area contributed by atoms with Gasteiger partial charge in [0, 0.05) is 29.4 Å². The van der Waals surface area contributed by atoms with Gasteiger partial charge >= 0.3 is 0 Å². The van der Waals surface area contributed by atoms with Crippen molar-refractivity contribution in [2.45, 2.75) is 24.8 Å². The second-order valence-corrected chi connectivity index (χ2v) is 13.3. The van der Waals surface area contributed by atoms with E-state index in [-0.39, 0.29) is 5.54 Å². The SMILES string of the molecule is CN1c2cc(N3c4ccccc4C4(c5ccccc5Oc5ccccc54)c4ccccc43)ccc2C(C)(C)n2c1nc1ccccc12. The lowest BCUT2D eigenvalue weighted by Gasteiger charge is -2.48. The van der Waals surface area contributed by atoms with E-state index in [1.807, 2.05) is 0 Å². The molecule has 0 N–H and O–H groups in total. The lowest BCUT2D eigenvalue weighted by molar-refractivity contribution is 0.434. The van der Waals surface area contributed by atoms with E-state index in [0.29, 0.717) is 0 Å². The number of aromatic nitrogens is 2. The summed E-state index contributed by atoms with van der Waals surface area (Å²) >= 11 is 0. The minimum atomic E-state index is -0.549. The van der Waals surface area contributed by atoms with E-state index in [9.17, 15) is 0 Å². The molecule has 6 aromatic carbocycles. The molecule has 0 amide bonds. The van der Waals surface area contributed by atoms with E-state index in [0.717, 1.165) is 62.4 Å². The predicted molar refractivity (Wildman–Crippen MR) is 189 cm³/mol. The average Bonchev–Trinajstić information content (AvgIpc) is 3.52. The molecule has 47 heavy (non-hydrogen) atoms. The number of hydrogen-bond donors (Lipinski definition) is 0. The Morgan fingerprint density at radius 3 is 1.77 bits per heavy atom. The van der Waals surface area contributed by atoms with Gasteiger partial charge < -0.3 is 19.1 Å². The minimum absolute atomic E-state index is 0.289. The molecule has 7 aromatic rings. The molecule has 226 valence electrons. The highest BCUT2D eigenvalue weighted by Gasteiger charge is 2.51. The Kier molecular flexibility index (Phi) is 5.13. The van der Waals surface area contributed by atoms with Crippen molar-refractivity contribution in [2.75, 3.05) is 16.8 Å². The van der Waals surface area contributed by atoms with Crippen LogP contribution >= 0.6 is 0 Å². The molecular formula is C42H32N4O. The summed E-state index contributed by atoms with van der Waals surface area (Å²) in [6.45, 7) is 4.59. The van der Waals surface area contributed by atoms with Gasteiger partial charge in [0.15, 0.2) is 0 Å². The van der Waals surface area contributed by atoms with Crippen LogP contribution in [0.15, 0.2) is 140 Å². The van der Waals surface area contributed by atoms with Crippen molar-refractivity contribution in [3.63, 3.8) is 0 Å². The van der Waals surface area contributed by atoms with Gasteiger partial charge in [-0.05, 0) is 73.5 Å². The maximum absolute atomic E-state index is 6.56. The number of fused-ring (bicyclic) bond motifs is 12. The molecule has 0 saturated carbocycles. The molecule has 1 spiro atoms. The predicted octanol–water partition coefficient (Wildman–Crippen LogP) is 10.2. The van der Waals surface area contributed by atoms with Crippen molar-refractivity contribution in [3.8, 4) is 11.5 Å². The van der Waals surface area contributed by atoms with Gasteiger partial charge in [-0.3, -0.25) is 0 Å². The van der Waals surface area contributed by atoms with Crippen LogP contribution in [0.1, 0.15) is 41.7 Å². The first kappa shape index (κ1) is 26.4. The number of para-hydroxylation sites is 6. The molecule has 0 radical (unpaired) electrons. The van der Waals surface area contributed by atoms with Gasteiger partial charge in [0.1, 0.15) is 11.5 Å². The smallest absolute Gasteiger partial charge is 0.211 e. The van der Waals surface area contributed by atoms with Crippen LogP contribution in [0, 0.1) is 0 Å². The molecule has 5 heteroatoms. The molecule has 1 aromatic heterocycles. The quantitative estimate of drug-likeness (QED) is 0.186. The molecule has 0 atom stereocenters. The van der Waals surface area contributed by atoms with Crippen LogP contribution in [-0.4, -0.2) is 16.6 Å². The normalized spacial score (nSPS) is 16.0. The Bertz CT molecular complexity index is 2330. The monoisotopic (exact) mass is 608 g/mol. The minimum Gasteiger partial charge on any atom is -0.457 e. The lowest BCUT2D eigenvalue weighted by Crippen LogP contribution is -2.40. The average molecular weight is 609 g/mol. The maximum atomic E-state index is 6.56. The summed E-state index contributed by atoms with van der Waals surface area (Å²) in [5.74, 6) is 2.74. The summed E-state index contributed by atoms with van der Waals surface area (Å²) < 4.78 is 8.94. The molecule has 0 saturated heterocycles. The van der Waals surface area contributed by atoms with Crippen molar-refractivity contribution in [1.82, 2.24) is 9.55 Å². The van der Waals surface area contributed by atoms with Crippen LogP contribution in [0.25, 0.3) is 11.0 Å². The van der Waals surface area contributed by atoms with Crippen molar-refractivity contribution < 1.29 is 4.74 Å². The van der Waals surface area contributed by atoms with E-state index >= 15 is 0 Å². The van der Waals surface area contributed by atoms with Crippen molar-refractivity contribution in [2.24, 2.45) is 0 Å². The molecular weight excluding hydrogens is 576 g/mol. The number of rotatable bonds is 1. The highest BCUT2D eigenvalue weighted by molar-refractivity contribution is 5.92. The Morgan fingerprint density at radius 1 is 0.553 bits per heavy atom. The van der Waals surface area contributed by atoms with E-state index < -0.39 is 5.41 Å².